The topological polar surface area (TPSA) is 17.1 Å². The van der Waals surface area contributed by atoms with Gasteiger partial charge in [0.15, 0.2) is 0 Å². The predicted molar refractivity (Wildman–Crippen MR) is 60.1 cm³/mol. The molecule has 0 fully saturated rings. The van der Waals surface area contributed by atoms with E-state index in [2.05, 4.69) is 32.9 Å². The minimum absolute atomic E-state index is 0.242. The van der Waals surface area contributed by atoms with Crippen molar-refractivity contribution in [1.29, 1.82) is 0 Å². The number of hydrogen-bond donors (Lipinski definition) is 0. The molecule has 0 N–H and O–H groups in total. The summed E-state index contributed by atoms with van der Waals surface area (Å²) in [6.45, 7) is 6.65. The molecule has 1 nitrogen and oxygen atoms in total. The SMILES string of the molecule is CC1=C(C/C=C/C=O)C(C)(C)CC=C1. The standard InChI is InChI=1S/C13H18O/c1-11-7-6-9-13(2,3)12(11)8-4-5-10-14/h4-7,10H,8-9H2,1-3H3/b5-4+. The molecule has 0 aromatic heterocycles. The van der Waals surface area contributed by atoms with Gasteiger partial charge in [0.25, 0.3) is 0 Å². The molecule has 1 aliphatic carbocycles. The van der Waals surface area contributed by atoms with Gasteiger partial charge in [0, 0.05) is 0 Å². The molecule has 0 saturated carbocycles. The van der Waals surface area contributed by atoms with E-state index in [4.69, 9.17) is 0 Å². The van der Waals surface area contributed by atoms with E-state index in [0.29, 0.717) is 0 Å². The lowest BCUT2D eigenvalue weighted by atomic mass is 9.74. The molecule has 0 spiro atoms. The van der Waals surface area contributed by atoms with Gasteiger partial charge in [-0.25, -0.2) is 0 Å². The maximum absolute atomic E-state index is 10.2. The molecule has 0 aromatic carbocycles. The first-order chi connectivity index (χ1) is 6.58. The van der Waals surface area contributed by atoms with Crippen molar-refractivity contribution in [2.75, 3.05) is 0 Å². The average Bonchev–Trinajstić information content (AvgIpc) is 2.09. The third-order valence-electron chi connectivity index (χ3n) is 2.83. The fourth-order valence-corrected chi connectivity index (χ4v) is 1.97. The van der Waals surface area contributed by atoms with Crippen molar-refractivity contribution in [2.24, 2.45) is 5.41 Å². The molecular formula is C13H18O. The first-order valence-electron chi connectivity index (χ1n) is 5.05. The van der Waals surface area contributed by atoms with Crippen LogP contribution in [0.5, 0.6) is 0 Å². The van der Waals surface area contributed by atoms with Crippen molar-refractivity contribution in [1.82, 2.24) is 0 Å². The van der Waals surface area contributed by atoms with Gasteiger partial charge in [-0.15, -0.1) is 0 Å². The minimum atomic E-state index is 0.242. The summed E-state index contributed by atoms with van der Waals surface area (Å²) in [6, 6.07) is 0. The molecule has 0 amide bonds. The monoisotopic (exact) mass is 190 g/mol. The van der Waals surface area contributed by atoms with Crippen molar-refractivity contribution < 1.29 is 4.79 Å². The Labute approximate surface area is 86.2 Å². The predicted octanol–water partition coefficient (Wildman–Crippen LogP) is 3.43. The fourth-order valence-electron chi connectivity index (χ4n) is 1.97. The molecule has 0 aromatic rings. The third kappa shape index (κ3) is 2.44. The zero-order chi connectivity index (χ0) is 10.6. The zero-order valence-electron chi connectivity index (χ0n) is 9.21. The third-order valence-corrected chi connectivity index (χ3v) is 2.83. The summed E-state index contributed by atoms with van der Waals surface area (Å²) in [6.07, 6.45) is 10.7. The summed E-state index contributed by atoms with van der Waals surface area (Å²) in [7, 11) is 0. The van der Waals surface area contributed by atoms with Crippen LogP contribution in [0.15, 0.2) is 35.5 Å². The van der Waals surface area contributed by atoms with Crippen molar-refractivity contribution in [2.45, 2.75) is 33.6 Å². The highest BCUT2D eigenvalue weighted by atomic mass is 16.1. The second-order valence-electron chi connectivity index (χ2n) is 4.42. The van der Waals surface area contributed by atoms with E-state index in [9.17, 15) is 4.79 Å². The van der Waals surface area contributed by atoms with E-state index >= 15 is 0 Å². The van der Waals surface area contributed by atoms with Crippen LogP contribution in [0.1, 0.15) is 33.6 Å². The van der Waals surface area contributed by atoms with Gasteiger partial charge >= 0.3 is 0 Å². The molecule has 0 saturated heterocycles. The second-order valence-corrected chi connectivity index (χ2v) is 4.42. The van der Waals surface area contributed by atoms with Crippen molar-refractivity contribution >= 4 is 6.29 Å². The average molecular weight is 190 g/mol. The molecule has 0 aliphatic heterocycles. The molecule has 14 heavy (non-hydrogen) atoms. The fraction of sp³-hybridized carbons (Fsp3) is 0.462. The van der Waals surface area contributed by atoms with Crippen LogP contribution in [0.2, 0.25) is 0 Å². The van der Waals surface area contributed by atoms with Crippen LogP contribution in [0, 0.1) is 5.41 Å². The number of carbonyl (C=O) groups is 1. The highest BCUT2D eigenvalue weighted by Gasteiger charge is 2.24. The van der Waals surface area contributed by atoms with Gasteiger partial charge in [-0.3, -0.25) is 4.79 Å². The van der Waals surface area contributed by atoms with Gasteiger partial charge < -0.3 is 0 Å². The number of aldehydes is 1. The lowest BCUT2D eigenvalue weighted by Crippen LogP contribution is -2.17. The van der Waals surface area contributed by atoms with Gasteiger partial charge in [-0.1, -0.05) is 43.2 Å². The van der Waals surface area contributed by atoms with Crippen molar-refractivity contribution in [3.8, 4) is 0 Å². The summed E-state index contributed by atoms with van der Waals surface area (Å²) in [5.41, 5.74) is 3.03. The lowest BCUT2D eigenvalue weighted by Gasteiger charge is -2.31. The van der Waals surface area contributed by atoms with E-state index in [0.717, 1.165) is 19.1 Å². The van der Waals surface area contributed by atoms with E-state index in [1.807, 2.05) is 6.08 Å². The first kappa shape index (κ1) is 11.0. The Bertz CT molecular complexity index is 303. The Hall–Kier alpha value is -1.11. The molecule has 0 radical (unpaired) electrons. The molecule has 1 rings (SSSR count). The van der Waals surface area contributed by atoms with Gasteiger partial charge in [0.1, 0.15) is 6.29 Å². The number of hydrogen-bond acceptors (Lipinski definition) is 1. The van der Waals surface area contributed by atoms with Gasteiger partial charge in [0.05, 0.1) is 0 Å². The van der Waals surface area contributed by atoms with Gasteiger partial charge in [0.2, 0.25) is 0 Å². The van der Waals surface area contributed by atoms with Crippen LogP contribution < -0.4 is 0 Å². The van der Waals surface area contributed by atoms with Gasteiger partial charge in [-0.05, 0) is 31.3 Å². The largest absolute Gasteiger partial charge is 0.299 e. The second kappa shape index (κ2) is 4.41. The molecule has 0 unspecified atom stereocenters. The number of rotatable bonds is 3. The smallest absolute Gasteiger partial charge is 0.142 e. The maximum Gasteiger partial charge on any atom is 0.142 e. The summed E-state index contributed by atoms with van der Waals surface area (Å²) >= 11 is 0. The summed E-state index contributed by atoms with van der Waals surface area (Å²) in [5.74, 6) is 0. The lowest BCUT2D eigenvalue weighted by molar-refractivity contribution is -0.104. The molecule has 1 aliphatic rings. The van der Waals surface area contributed by atoms with Crippen LogP contribution in [-0.2, 0) is 4.79 Å². The van der Waals surface area contributed by atoms with E-state index in [1.54, 1.807) is 6.08 Å². The van der Waals surface area contributed by atoms with Crippen LogP contribution in [0.3, 0.4) is 0 Å². The highest BCUT2D eigenvalue weighted by Crippen LogP contribution is 2.38. The number of allylic oxidation sites excluding steroid dienone is 6. The Balaban J connectivity index is 2.85. The Kier molecular flexibility index (Phi) is 3.45. The Morgan fingerprint density at radius 2 is 2.21 bits per heavy atom. The van der Waals surface area contributed by atoms with Crippen molar-refractivity contribution in [3.05, 3.63) is 35.5 Å². The number of carbonyl (C=O) groups excluding carboxylic acids is 1. The normalized spacial score (nSPS) is 20.5. The molecule has 1 heteroatoms. The Morgan fingerprint density at radius 1 is 1.50 bits per heavy atom. The first-order valence-corrected chi connectivity index (χ1v) is 5.05. The van der Waals surface area contributed by atoms with E-state index in [-0.39, 0.29) is 5.41 Å². The maximum atomic E-state index is 10.2. The molecule has 76 valence electrons. The highest BCUT2D eigenvalue weighted by molar-refractivity contribution is 5.64. The van der Waals surface area contributed by atoms with Crippen LogP contribution >= 0.6 is 0 Å². The van der Waals surface area contributed by atoms with E-state index in [1.165, 1.54) is 11.1 Å². The molecule has 0 atom stereocenters. The van der Waals surface area contributed by atoms with E-state index < -0.39 is 0 Å². The van der Waals surface area contributed by atoms with Gasteiger partial charge in [-0.2, -0.15) is 0 Å². The van der Waals surface area contributed by atoms with Crippen molar-refractivity contribution in [3.63, 3.8) is 0 Å². The quantitative estimate of drug-likeness (QED) is 0.492. The summed E-state index contributed by atoms with van der Waals surface area (Å²) < 4.78 is 0. The zero-order valence-corrected chi connectivity index (χ0v) is 9.21. The van der Waals surface area contributed by atoms with Crippen LogP contribution in [0.4, 0.5) is 0 Å². The summed E-state index contributed by atoms with van der Waals surface area (Å²) in [5, 5.41) is 0. The van der Waals surface area contributed by atoms with Crippen LogP contribution in [-0.4, -0.2) is 6.29 Å². The summed E-state index contributed by atoms with van der Waals surface area (Å²) in [4.78, 5) is 10.2. The minimum Gasteiger partial charge on any atom is -0.299 e. The molecule has 0 heterocycles. The Morgan fingerprint density at radius 3 is 2.79 bits per heavy atom. The van der Waals surface area contributed by atoms with Crippen LogP contribution in [0.25, 0.3) is 0 Å². The molecular weight excluding hydrogens is 172 g/mol. The molecule has 0 bridgehead atoms.